The van der Waals surface area contributed by atoms with Gasteiger partial charge < -0.3 is 20.4 Å². The molecule has 0 aromatic rings. The van der Waals surface area contributed by atoms with Gasteiger partial charge in [-0.25, -0.2) is 9.59 Å². The van der Waals surface area contributed by atoms with Gasteiger partial charge in [0.05, 0.1) is 0 Å². The van der Waals surface area contributed by atoms with E-state index in [1.807, 2.05) is 0 Å². The molecule has 0 heterocycles. The van der Waals surface area contributed by atoms with Crippen LogP contribution in [0.1, 0.15) is 33.1 Å². The Morgan fingerprint density at radius 1 is 1.00 bits per heavy atom. The van der Waals surface area contributed by atoms with Gasteiger partial charge >= 0.3 is 11.9 Å². The van der Waals surface area contributed by atoms with Gasteiger partial charge in [0.2, 0.25) is 0 Å². The fraction of sp³-hybridized carbons (Fsp3) is 0.538. The molecule has 0 aliphatic carbocycles. The van der Waals surface area contributed by atoms with Crippen LogP contribution in [0.25, 0.3) is 0 Å². The highest BCUT2D eigenvalue weighted by Crippen LogP contribution is 2.22. The minimum atomic E-state index is -1.64. The molecule has 0 amide bonds. The molecule has 4 N–H and O–H groups in total. The maximum absolute atomic E-state index is 10.8. The maximum atomic E-state index is 10.8. The molecule has 0 saturated heterocycles. The van der Waals surface area contributed by atoms with Crippen molar-refractivity contribution in [1.29, 1.82) is 0 Å². The van der Waals surface area contributed by atoms with Crippen molar-refractivity contribution in [3.8, 4) is 0 Å². The van der Waals surface area contributed by atoms with Crippen molar-refractivity contribution in [2.24, 2.45) is 0 Å². The zero-order valence-corrected chi connectivity index (χ0v) is 11.1. The molecule has 0 atom stereocenters. The highest BCUT2D eigenvalue weighted by molar-refractivity contribution is 5.87. The molecule has 0 aromatic carbocycles. The Labute approximate surface area is 111 Å². The van der Waals surface area contributed by atoms with E-state index in [1.165, 1.54) is 13.8 Å². The van der Waals surface area contributed by atoms with Crippen LogP contribution in [0.3, 0.4) is 0 Å². The van der Waals surface area contributed by atoms with Gasteiger partial charge in [0.1, 0.15) is 5.60 Å². The van der Waals surface area contributed by atoms with Crippen LogP contribution >= 0.6 is 0 Å². The minimum Gasteiger partial charge on any atom is -0.478 e. The van der Waals surface area contributed by atoms with Crippen LogP contribution in [0.2, 0.25) is 0 Å². The van der Waals surface area contributed by atoms with E-state index in [1.54, 1.807) is 0 Å². The van der Waals surface area contributed by atoms with Crippen LogP contribution in [0.4, 0.5) is 0 Å². The molecule has 108 valence electrons. The Kier molecular flexibility index (Phi) is 7.03. The van der Waals surface area contributed by atoms with Gasteiger partial charge in [0.15, 0.2) is 0 Å². The number of aliphatic carboxylic acids is 2. The fourth-order valence-corrected chi connectivity index (χ4v) is 1.58. The molecule has 0 rings (SSSR count). The van der Waals surface area contributed by atoms with Gasteiger partial charge in [-0.15, -0.1) is 0 Å². The fourth-order valence-electron chi connectivity index (χ4n) is 1.58. The van der Waals surface area contributed by atoms with Gasteiger partial charge in [-0.3, -0.25) is 0 Å². The van der Waals surface area contributed by atoms with Crippen LogP contribution in [-0.2, 0) is 9.59 Å². The second-order valence-electron chi connectivity index (χ2n) is 4.44. The van der Waals surface area contributed by atoms with Crippen molar-refractivity contribution < 1.29 is 30.0 Å². The first kappa shape index (κ1) is 17.3. The molecule has 0 aliphatic rings. The third kappa shape index (κ3) is 6.73. The molecule has 0 saturated carbocycles. The maximum Gasteiger partial charge on any atom is 0.331 e. The zero-order chi connectivity index (χ0) is 15.1. The third-order valence-corrected chi connectivity index (χ3v) is 2.59. The summed E-state index contributed by atoms with van der Waals surface area (Å²) in [6.07, 6.45) is 3.28. The van der Waals surface area contributed by atoms with Crippen LogP contribution < -0.4 is 0 Å². The molecule has 0 aromatic heterocycles. The lowest BCUT2D eigenvalue weighted by atomic mass is 9.92. The standard InChI is InChI=1S/C13H20O6/c1-9(11(15)16)7-13(19,5-3-4-6-14)8-10(2)12(17)18/h7-8,14,19H,3-6H2,1-2H3,(H,15,16)(H,17,18). The van der Waals surface area contributed by atoms with E-state index in [0.29, 0.717) is 12.8 Å². The predicted molar refractivity (Wildman–Crippen MR) is 68.7 cm³/mol. The lowest BCUT2D eigenvalue weighted by Gasteiger charge is -2.22. The van der Waals surface area contributed by atoms with Crippen LogP contribution in [-0.4, -0.2) is 44.6 Å². The molecule has 0 spiro atoms. The Hall–Kier alpha value is -1.66. The van der Waals surface area contributed by atoms with Crippen molar-refractivity contribution >= 4 is 11.9 Å². The van der Waals surface area contributed by atoms with Gasteiger partial charge in [-0.05, 0) is 45.3 Å². The third-order valence-electron chi connectivity index (χ3n) is 2.59. The summed E-state index contributed by atoms with van der Waals surface area (Å²) in [6, 6.07) is 0. The average Bonchev–Trinajstić information content (AvgIpc) is 2.28. The van der Waals surface area contributed by atoms with E-state index >= 15 is 0 Å². The summed E-state index contributed by atoms with van der Waals surface area (Å²) in [5, 5.41) is 36.6. The summed E-state index contributed by atoms with van der Waals surface area (Å²) in [5.74, 6) is -2.36. The Morgan fingerprint density at radius 3 is 1.74 bits per heavy atom. The molecule has 0 unspecified atom stereocenters. The quantitative estimate of drug-likeness (QED) is 0.386. The summed E-state index contributed by atoms with van der Waals surface area (Å²) < 4.78 is 0. The van der Waals surface area contributed by atoms with Crippen molar-refractivity contribution in [2.75, 3.05) is 6.61 Å². The summed E-state index contributed by atoms with van der Waals surface area (Å²) in [7, 11) is 0. The highest BCUT2D eigenvalue weighted by Gasteiger charge is 2.24. The van der Waals surface area contributed by atoms with Crippen molar-refractivity contribution in [3.63, 3.8) is 0 Å². The minimum absolute atomic E-state index is 0.0423. The molecule has 0 aliphatic heterocycles. The van der Waals surface area contributed by atoms with E-state index < -0.39 is 17.5 Å². The lowest BCUT2D eigenvalue weighted by Crippen LogP contribution is -2.26. The number of hydrogen-bond donors (Lipinski definition) is 4. The number of unbranched alkanes of at least 4 members (excludes halogenated alkanes) is 1. The number of aliphatic hydroxyl groups excluding tert-OH is 1. The number of rotatable bonds is 8. The Morgan fingerprint density at radius 2 is 1.42 bits per heavy atom. The van der Waals surface area contributed by atoms with Gasteiger partial charge in [-0.1, -0.05) is 0 Å². The average molecular weight is 272 g/mol. The molecular formula is C13H20O6. The summed E-state index contributed by atoms with van der Waals surface area (Å²) in [4.78, 5) is 21.5. The second kappa shape index (κ2) is 7.70. The normalized spacial score (nSPS) is 16.0. The summed E-state index contributed by atoms with van der Waals surface area (Å²) in [6.45, 7) is 2.60. The molecule has 6 heteroatoms. The molecule has 19 heavy (non-hydrogen) atoms. The lowest BCUT2D eigenvalue weighted by molar-refractivity contribution is -0.133. The molecule has 0 bridgehead atoms. The number of carboxylic acids is 2. The number of hydrogen-bond acceptors (Lipinski definition) is 4. The van der Waals surface area contributed by atoms with E-state index in [2.05, 4.69) is 0 Å². The van der Waals surface area contributed by atoms with E-state index in [4.69, 9.17) is 15.3 Å². The number of carbonyl (C=O) groups is 2. The smallest absolute Gasteiger partial charge is 0.331 e. The summed E-state index contributed by atoms with van der Waals surface area (Å²) in [5.41, 5.74) is -1.78. The highest BCUT2D eigenvalue weighted by atomic mass is 16.4. The Balaban J connectivity index is 5.23. The first-order chi connectivity index (χ1) is 8.72. The Bertz CT molecular complexity index is 364. The van der Waals surface area contributed by atoms with Crippen LogP contribution in [0, 0.1) is 0 Å². The van der Waals surface area contributed by atoms with Crippen molar-refractivity contribution in [1.82, 2.24) is 0 Å². The number of aliphatic hydroxyl groups is 2. The van der Waals surface area contributed by atoms with Gasteiger partial charge in [0, 0.05) is 17.8 Å². The number of carboxylic acid groups (broad SMARTS) is 2. The van der Waals surface area contributed by atoms with Crippen molar-refractivity contribution in [2.45, 2.75) is 38.7 Å². The van der Waals surface area contributed by atoms with Gasteiger partial charge in [-0.2, -0.15) is 0 Å². The molecular weight excluding hydrogens is 252 g/mol. The monoisotopic (exact) mass is 272 g/mol. The molecule has 0 radical (unpaired) electrons. The SMILES string of the molecule is CC(=CC(O)(C=C(C)C(=O)O)CCCCO)C(=O)O. The molecule has 0 fully saturated rings. The largest absolute Gasteiger partial charge is 0.478 e. The van der Waals surface area contributed by atoms with Crippen LogP contribution in [0.15, 0.2) is 23.3 Å². The van der Waals surface area contributed by atoms with E-state index in [9.17, 15) is 14.7 Å². The zero-order valence-electron chi connectivity index (χ0n) is 11.1. The first-order valence-corrected chi connectivity index (χ1v) is 5.90. The predicted octanol–water partition coefficient (Wildman–Crippen LogP) is 0.942. The van der Waals surface area contributed by atoms with E-state index in [0.717, 1.165) is 12.2 Å². The molecule has 6 nitrogen and oxygen atoms in total. The second-order valence-corrected chi connectivity index (χ2v) is 4.44. The van der Waals surface area contributed by atoms with E-state index in [-0.39, 0.29) is 24.2 Å². The summed E-state index contributed by atoms with van der Waals surface area (Å²) >= 11 is 0. The van der Waals surface area contributed by atoms with Crippen LogP contribution in [0.5, 0.6) is 0 Å². The van der Waals surface area contributed by atoms with Crippen molar-refractivity contribution in [3.05, 3.63) is 23.3 Å². The topological polar surface area (TPSA) is 115 Å². The first-order valence-electron chi connectivity index (χ1n) is 5.90. The van der Waals surface area contributed by atoms with Gasteiger partial charge in [0.25, 0.3) is 0 Å².